The first kappa shape index (κ1) is 18.1. The van der Waals surface area contributed by atoms with Crippen molar-refractivity contribution in [3.8, 4) is 0 Å². The molecule has 8 heteroatoms. The zero-order valence-corrected chi connectivity index (χ0v) is 12.6. The molecule has 2 N–H and O–H groups in total. The molecule has 0 atom stereocenters. The van der Waals surface area contributed by atoms with Crippen molar-refractivity contribution in [1.29, 1.82) is 0 Å². The van der Waals surface area contributed by atoms with E-state index in [-0.39, 0.29) is 22.4 Å². The number of carbonyl (C=O) groups is 2. The van der Waals surface area contributed by atoms with E-state index in [4.69, 9.17) is 21.8 Å². The first-order valence-electron chi connectivity index (χ1n) is 6.20. The Morgan fingerprint density at radius 2 is 1.43 bits per heavy atom. The number of rotatable bonds is 3. The van der Waals surface area contributed by atoms with Gasteiger partial charge in [-0.3, -0.25) is 10.1 Å². The molecule has 7 nitrogen and oxygen atoms in total. The minimum absolute atomic E-state index is 0.0277. The predicted octanol–water partition coefficient (Wildman–Crippen LogP) is 3.64. The van der Waals surface area contributed by atoms with E-state index in [2.05, 4.69) is 0 Å². The summed E-state index contributed by atoms with van der Waals surface area (Å²) >= 11 is 5.49. The summed E-state index contributed by atoms with van der Waals surface area (Å²) in [6.45, 7) is 1.48. The minimum atomic E-state index is -1.11. The Hall–Kier alpha value is -2.93. The van der Waals surface area contributed by atoms with E-state index in [0.29, 0.717) is 5.02 Å². The predicted molar refractivity (Wildman–Crippen MR) is 83.2 cm³/mol. The molecule has 2 aromatic carbocycles. The van der Waals surface area contributed by atoms with Gasteiger partial charge in [-0.15, -0.1) is 0 Å². The summed E-state index contributed by atoms with van der Waals surface area (Å²) in [5.74, 6) is -2.22. The number of carboxylic acid groups (broad SMARTS) is 2. The van der Waals surface area contributed by atoms with Gasteiger partial charge in [-0.25, -0.2) is 9.59 Å². The number of aromatic carboxylic acids is 2. The molecule has 0 saturated carbocycles. The zero-order chi connectivity index (χ0) is 17.6. The fourth-order valence-corrected chi connectivity index (χ4v) is 1.79. The van der Waals surface area contributed by atoms with Crippen LogP contribution in [0, 0.1) is 17.0 Å². The zero-order valence-electron chi connectivity index (χ0n) is 11.9. The number of nitro benzene ring substituents is 1. The minimum Gasteiger partial charge on any atom is -0.478 e. The third kappa shape index (κ3) is 5.08. The highest BCUT2D eigenvalue weighted by Crippen LogP contribution is 2.15. The van der Waals surface area contributed by atoms with Crippen LogP contribution >= 0.6 is 11.6 Å². The molecule has 0 aliphatic heterocycles. The van der Waals surface area contributed by atoms with Gasteiger partial charge in [0.25, 0.3) is 5.69 Å². The van der Waals surface area contributed by atoms with E-state index < -0.39 is 16.9 Å². The summed E-state index contributed by atoms with van der Waals surface area (Å²) in [5.41, 5.74) is 0.395. The Labute approximate surface area is 135 Å². The highest BCUT2D eigenvalue weighted by atomic mass is 35.5. The molecule has 0 fully saturated rings. The fourth-order valence-electron chi connectivity index (χ4n) is 1.66. The molecule has 23 heavy (non-hydrogen) atoms. The summed E-state index contributed by atoms with van der Waals surface area (Å²) in [4.78, 5) is 30.8. The maximum Gasteiger partial charge on any atom is 0.335 e. The largest absolute Gasteiger partial charge is 0.478 e. The van der Waals surface area contributed by atoms with Crippen molar-refractivity contribution < 1.29 is 24.7 Å². The molecule has 0 saturated heterocycles. The first-order valence-corrected chi connectivity index (χ1v) is 6.58. The Morgan fingerprint density at radius 3 is 1.78 bits per heavy atom. The maximum absolute atomic E-state index is 10.6. The molecule has 0 aliphatic rings. The van der Waals surface area contributed by atoms with E-state index in [1.807, 2.05) is 0 Å². The van der Waals surface area contributed by atoms with Crippen LogP contribution in [0.3, 0.4) is 0 Å². The summed E-state index contributed by atoms with van der Waals surface area (Å²) < 4.78 is 0. The Bertz CT molecular complexity index is 710. The standard InChI is InChI=1S/C9H8O4.C6H4ClNO2/c1-5-6(8(10)11)3-2-4-7(5)9(12)13;7-5-1-3-6(4-2-5)8(9)10/h2-4H,1H3,(H,10,11)(H,12,13);1-4H. The normalized spacial score (nSPS) is 9.48. The monoisotopic (exact) mass is 337 g/mol. The number of halogens is 1. The van der Waals surface area contributed by atoms with Gasteiger partial charge in [0.05, 0.1) is 16.1 Å². The molecule has 2 aromatic rings. The van der Waals surface area contributed by atoms with Crippen molar-refractivity contribution in [2.45, 2.75) is 6.92 Å². The lowest BCUT2D eigenvalue weighted by atomic mass is 10.0. The van der Waals surface area contributed by atoms with Gasteiger partial charge in [0.2, 0.25) is 0 Å². The van der Waals surface area contributed by atoms with Gasteiger partial charge in [-0.1, -0.05) is 17.7 Å². The number of benzene rings is 2. The average Bonchev–Trinajstić information content (AvgIpc) is 2.48. The van der Waals surface area contributed by atoms with Crippen molar-refractivity contribution in [3.63, 3.8) is 0 Å². The molecule has 0 amide bonds. The maximum atomic E-state index is 10.6. The molecule has 0 heterocycles. The number of hydrogen-bond acceptors (Lipinski definition) is 4. The van der Waals surface area contributed by atoms with Gasteiger partial charge in [0.15, 0.2) is 0 Å². The van der Waals surface area contributed by atoms with Crippen molar-refractivity contribution in [1.82, 2.24) is 0 Å². The molecule has 2 rings (SSSR count). The lowest BCUT2D eigenvalue weighted by Gasteiger charge is -2.03. The first-order chi connectivity index (χ1) is 10.7. The van der Waals surface area contributed by atoms with Gasteiger partial charge in [0, 0.05) is 17.2 Å². The van der Waals surface area contributed by atoms with Gasteiger partial charge in [-0.05, 0) is 36.8 Å². The summed E-state index contributed by atoms with van der Waals surface area (Å²) in [6, 6.07) is 9.87. The highest BCUT2D eigenvalue weighted by Gasteiger charge is 2.13. The second-order valence-electron chi connectivity index (χ2n) is 4.32. The molecule has 120 valence electrons. The number of hydrogen-bond donors (Lipinski definition) is 2. The number of nitrogens with zero attached hydrogens (tertiary/aromatic N) is 1. The molecule has 0 bridgehead atoms. The van der Waals surface area contributed by atoms with Crippen LogP contribution in [0.15, 0.2) is 42.5 Å². The highest BCUT2D eigenvalue weighted by molar-refractivity contribution is 6.30. The van der Waals surface area contributed by atoms with Crippen LogP contribution in [-0.4, -0.2) is 27.1 Å². The third-order valence-electron chi connectivity index (χ3n) is 2.83. The SMILES string of the molecule is Cc1c(C(=O)O)cccc1C(=O)O.O=[N+]([O-])c1ccc(Cl)cc1. The lowest BCUT2D eigenvalue weighted by Crippen LogP contribution is -2.06. The van der Waals surface area contributed by atoms with Crippen LogP contribution in [0.1, 0.15) is 26.3 Å². The average molecular weight is 338 g/mol. The van der Waals surface area contributed by atoms with Crippen molar-refractivity contribution in [3.05, 3.63) is 74.3 Å². The number of nitro groups is 1. The van der Waals surface area contributed by atoms with E-state index in [0.717, 1.165) is 0 Å². The van der Waals surface area contributed by atoms with Crippen LogP contribution in [-0.2, 0) is 0 Å². The van der Waals surface area contributed by atoms with E-state index in [9.17, 15) is 19.7 Å². The van der Waals surface area contributed by atoms with E-state index >= 15 is 0 Å². The summed E-state index contributed by atoms with van der Waals surface area (Å²) in [7, 11) is 0. The van der Waals surface area contributed by atoms with E-state index in [1.54, 1.807) is 0 Å². The summed E-state index contributed by atoms with van der Waals surface area (Å²) in [5, 5.41) is 27.9. The summed E-state index contributed by atoms with van der Waals surface area (Å²) in [6.07, 6.45) is 0. The van der Waals surface area contributed by atoms with Gasteiger partial charge in [0.1, 0.15) is 0 Å². The topological polar surface area (TPSA) is 118 Å². The lowest BCUT2D eigenvalue weighted by molar-refractivity contribution is -0.384. The Kier molecular flexibility index (Phi) is 6.23. The number of non-ortho nitro benzene ring substituents is 1. The van der Waals surface area contributed by atoms with Crippen LogP contribution in [0.2, 0.25) is 5.02 Å². The molecule has 0 unspecified atom stereocenters. The van der Waals surface area contributed by atoms with E-state index in [1.165, 1.54) is 49.4 Å². The van der Waals surface area contributed by atoms with Crippen molar-refractivity contribution in [2.24, 2.45) is 0 Å². The van der Waals surface area contributed by atoms with Crippen LogP contribution in [0.25, 0.3) is 0 Å². The second-order valence-corrected chi connectivity index (χ2v) is 4.76. The molecule has 0 radical (unpaired) electrons. The second kappa shape index (κ2) is 7.90. The Morgan fingerprint density at radius 1 is 1.00 bits per heavy atom. The molecule has 0 spiro atoms. The molecular weight excluding hydrogens is 326 g/mol. The smallest absolute Gasteiger partial charge is 0.335 e. The van der Waals surface area contributed by atoms with Gasteiger partial charge in [-0.2, -0.15) is 0 Å². The molecule has 0 aromatic heterocycles. The van der Waals surface area contributed by atoms with Crippen LogP contribution in [0.4, 0.5) is 5.69 Å². The van der Waals surface area contributed by atoms with Gasteiger partial charge < -0.3 is 10.2 Å². The number of carboxylic acids is 2. The van der Waals surface area contributed by atoms with Crippen LogP contribution in [0.5, 0.6) is 0 Å². The van der Waals surface area contributed by atoms with Crippen molar-refractivity contribution in [2.75, 3.05) is 0 Å². The fraction of sp³-hybridized carbons (Fsp3) is 0.0667. The quantitative estimate of drug-likeness (QED) is 0.652. The van der Waals surface area contributed by atoms with Gasteiger partial charge >= 0.3 is 11.9 Å². The van der Waals surface area contributed by atoms with Crippen LogP contribution < -0.4 is 0 Å². The van der Waals surface area contributed by atoms with Crippen molar-refractivity contribution >= 4 is 29.2 Å². The molecular formula is C15H12ClNO6. The third-order valence-corrected chi connectivity index (χ3v) is 3.08. The molecule has 0 aliphatic carbocycles. The Balaban J connectivity index is 0.000000238.